The first-order chi connectivity index (χ1) is 16.0. The summed E-state index contributed by atoms with van der Waals surface area (Å²) in [5.74, 6) is 0.556. The molecule has 0 unspecified atom stereocenters. The molecular formula is C26H23N5O2. The second kappa shape index (κ2) is 8.40. The van der Waals surface area contributed by atoms with Crippen LogP contribution in [0.25, 0.3) is 22.0 Å². The molecule has 0 spiro atoms. The first kappa shape index (κ1) is 20.7. The Morgan fingerprint density at radius 2 is 2.09 bits per heavy atom. The van der Waals surface area contributed by atoms with E-state index >= 15 is 0 Å². The number of H-pyrrole nitrogens is 1. The third kappa shape index (κ3) is 4.15. The highest BCUT2D eigenvalue weighted by molar-refractivity contribution is 5.96. The summed E-state index contributed by atoms with van der Waals surface area (Å²) in [7, 11) is 1.77. The van der Waals surface area contributed by atoms with Gasteiger partial charge < -0.3 is 9.64 Å². The maximum atomic E-state index is 13.3. The number of aryl methyl sites for hydroxylation is 1. The highest BCUT2D eigenvalue weighted by Gasteiger charge is 2.26. The molecule has 4 aromatic rings. The fourth-order valence-corrected chi connectivity index (χ4v) is 3.89. The number of hydrogen-bond acceptors (Lipinski definition) is 5. The smallest absolute Gasteiger partial charge is 0.254 e. The van der Waals surface area contributed by atoms with E-state index in [-0.39, 0.29) is 12.0 Å². The Morgan fingerprint density at radius 3 is 2.88 bits per heavy atom. The highest BCUT2D eigenvalue weighted by atomic mass is 16.5. The molecule has 33 heavy (non-hydrogen) atoms. The monoisotopic (exact) mass is 437 g/mol. The van der Waals surface area contributed by atoms with E-state index in [2.05, 4.69) is 21.3 Å². The van der Waals surface area contributed by atoms with Crippen LogP contribution in [0, 0.1) is 18.3 Å². The van der Waals surface area contributed by atoms with Crippen LogP contribution in [0.4, 0.5) is 0 Å². The second-order valence-corrected chi connectivity index (χ2v) is 8.41. The van der Waals surface area contributed by atoms with Crippen LogP contribution in [0.1, 0.15) is 40.0 Å². The van der Waals surface area contributed by atoms with Crippen molar-refractivity contribution in [1.29, 1.82) is 5.26 Å². The Bertz CT molecular complexity index is 1400. The van der Waals surface area contributed by atoms with Crippen molar-refractivity contribution in [3.63, 3.8) is 0 Å². The molecule has 1 fully saturated rings. The molecule has 0 aliphatic heterocycles. The predicted octanol–water partition coefficient (Wildman–Crippen LogP) is 4.62. The number of benzene rings is 2. The summed E-state index contributed by atoms with van der Waals surface area (Å²) in [5.41, 5.74) is 5.60. The van der Waals surface area contributed by atoms with Gasteiger partial charge in [-0.1, -0.05) is 12.1 Å². The number of pyridine rings is 1. The average molecular weight is 438 g/mol. The zero-order valence-electron chi connectivity index (χ0n) is 18.5. The van der Waals surface area contributed by atoms with Crippen LogP contribution in [0.15, 0.2) is 54.9 Å². The number of carbonyl (C=O) groups is 1. The van der Waals surface area contributed by atoms with Crippen molar-refractivity contribution < 1.29 is 9.53 Å². The average Bonchev–Trinajstić information content (AvgIpc) is 3.50. The lowest BCUT2D eigenvalue weighted by Crippen LogP contribution is -2.26. The number of fused-ring (bicyclic) bond motifs is 1. The maximum Gasteiger partial charge on any atom is 0.254 e. The van der Waals surface area contributed by atoms with E-state index in [9.17, 15) is 10.1 Å². The first-order valence-corrected chi connectivity index (χ1v) is 10.9. The molecule has 1 saturated carbocycles. The summed E-state index contributed by atoms with van der Waals surface area (Å²) in [6.45, 7) is 2.33. The van der Waals surface area contributed by atoms with Gasteiger partial charge in [0.05, 0.1) is 29.5 Å². The molecule has 7 nitrogen and oxygen atoms in total. The van der Waals surface area contributed by atoms with Crippen molar-refractivity contribution in [1.82, 2.24) is 20.1 Å². The van der Waals surface area contributed by atoms with Gasteiger partial charge in [-0.2, -0.15) is 10.4 Å². The molecule has 7 heteroatoms. The number of aromatic amines is 1. The summed E-state index contributed by atoms with van der Waals surface area (Å²) in [4.78, 5) is 19.4. The fourth-order valence-electron chi connectivity index (χ4n) is 3.89. The van der Waals surface area contributed by atoms with Gasteiger partial charge in [-0.3, -0.25) is 14.9 Å². The Morgan fingerprint density at radius 1 is 1.24 bits per heavy atom. The lowest BCUT2D eigenvalue weighted by molar-refractivity contribution is 0.0785. The van der Waals surface area contributed by atoms with E-state index in [0.29, 0.717) is 23.4 Å². The van der Waals surface area contributed by atoms with Crippen LogP contribution in [-0.4, -0.2) is 39.1 Å². The van der Waals surface area contributed by atoms with Gasteiger partial charge in [-0.25, -0.2) is 0 Å². The van der Waals surface area contributed by atoms with Crippen LogP contribution in [-0.2, 0) is 6.54 Å². The molecule has 2 aromatic heterocycles. The Kier molecular flexibility index (Phi) is 5.27. The van der Waals surface area contributed by atoms with Gasteiger partial charge in [0.15, 0.2) is 0 Å². The first-order valence-electron chi connectivity index (χ1n) is 10.9. The third-order valence-electron chi connectivity index (χ3n) is 5.87. The van der Waals surface area contributed by atoms with Gasteiger partial charge in [-0.05, 0) is 55.7 Å². The van der Waals surface area contributed by atoms with Crippen molar-refractivity contribution in [2.45, 2.75) is 32.4 Å². The molecule has 2 aromatic carbocycles. The zero-order valence-corrected chi connectivity index (χ0v) is 18.5. The Hall–Kier alpha value is -4.18. The third-order valence-corrected chi connectivity index (χ3v) is 5.87. The summed E-state index contributed by atoms with van der Waals surface area (Å²) in [6, 6.07) is 15.1. The van der Waals surface area contributed by atoms with Crippen molar-refractivity contribution in [2.75, 3.05) is 7.05 Å². The van der Waals surface area contributed by atoms with Crippen LogP contribution in [0.3, 0.4) is 0 Å². The van der Waals surface area contributed by atoms with E-state index < -0.39 is 0 Å². The SMILES string of the molecule is Cc1ncc(CN(C)C(=O)c2ccc(-c3cccc(C#N)c3)c(OC3CC3)c2)c2[nH]ncc12. The van der Waals surface area contributed by atoms with Gasteiger partial charge in [0.1, 0.15) is 5.75 Å². The number of nitrogens with zero attached hydrogens (tertiary/aromatic N) is 4. The largest absolute Gasteiger partial charge is 0.490 e. The van der Waals surface area contributed by atoms with Crippen molar-refractivity contribution in [2.24, 2.45) is 0 Å². The number of hydrogen-bond donors (Lipinski definition) is 1. The molecular weight excluding hydrogens is 414 g/mol. The van der Waals surface area contributed by atoms with E-state index in [1.54, 1.807) is 30.4 Å². The summed E-state index contributed by atoms with van der Waals surface area (Å²) in [6.07, 6.45) is 5.74. The van der Waals surface area contributed by atoms with E-state index in [1.165, 1.54) is 0 Å². The molecule has 1 aliphatic carbocycles. The van der Waals surface area contributed by atoms with Crippen LogP contribution >= 0.6 is 0 Å². The molecule has 1 amide bonds. The van der Waals surface area contributed by atoms with E-state index in [0.717, 1.165) is 46.1 Å². The summed E-state index contributed by atoms with van der Waals surface area (Å²) in [5, 5.41) is 17.4. The maximum absolute atomic E-state index is 13.3. The van der Waals surface area contributed by atoms with Crippen LogP contribution < -0.4 is 4.74 Å². The van der Waals surface area contributed by atoms with Gasteiger partial charge >= 0.3 is 0 Å². The number of rotatable bonds is 6. The number of nitrogens with one attached hydrogen (secondary N) is 1. The normalized spacial score (nSPS) is 13.0. The molecule has 1 aliphatic rings. The second-order valence-electron chi connectivity index (χ2n) is 8.41. The summed E-state index contributed by atoms with van der Waals surface area (Å²) < 4.78 is 6.16. The lowest BCUT2D eigenvalue weighted by atomic mass is 10.0. The minimum absolute atomic E-state index is 0.110. The molecule has 164 valence electrons. The van der Waals surface area contributed by atoms with Crippen molar-refractivity contribution in [3.8, 4) is 22.9 Å². The molecule has 5 rings (SSSR count). The van der Waals surface area contributed by atoms with Crippen LogP contribution in [0.5, 0.6) is 5.75 Å². The van der Waals surface area contributed by atoms with Crippen LogP contribution in [0.2, 0.25) is 0 Å². The molecule has 1 N–H and O–H groups in total. The zero-order chi connectivity index (χ0) is 22.9. The molecule has 0 bridgehead atoms. The van der Waals surface area contributed by atoms with E-state index in [4.69, 9.17) is 4.74 Å². The van der Waals surface area contributed by atoms with Gasteiger partial charge in [0.2, 0.25) is 0 Å². The van der Waals surface area contributed by atoms with Crippen molar-refractivity contribution >= 4 is 16.8 Å². The highest BCUT2D eigenvalue weighted by Crippen LogP contribution is 2.36. The molecule has 0 radical (unpaired) electrons. The topological polar surface area (TPSA) is 94.9 Å². The van der Waals surface area contributed by atoms with E-state index in [1.807, 2.05) is 43.3 Å². The number of aromatic nitrogens is 3. The molecule has 0 saturated heterocycles. The number of ether oxygens (including phenoxy) is 1. The predicted molar refractivity (Wildman–Crippen MR) is 125 cm³/mol. The van der Waals surface area contributed by atoms with Crippen molar-refractivity contribution in [3.05, 3.63) is 77.2 Å². The van der Waals surface area contributed by atoms with Gasteiger partial charge in [0.25, 0.3) is 5.91 Å². The minimum atomic E-state index is -0.110. The fraction of sp³-hybridized carbons (Fsp3) is 0.231. The lowest BCUT2D eigenvalue weighted by Gasteiger charge is -2.19. The molecule has 2 heterocycles. The standard InChI is InChI=1S/C26H23N5O2/c1-16-23-14-29-30-25(23)20(13-28-16)15-31(2)26(32)19-6-9-22(24(11-19)33-21-7-8-21)18-5-3-4-17(10-18)12-27/h3-6,9-11,13-14,21H,7-8,15H2,1-2H3,(H,29,30). The Labute approximate surface area is 191 Å². The molecule has 0 atom stereocenters. The number of amides is 1. The van der Waals surface area contributed by atoms with Gasteiger partial charge in [-0.15, -0.1) is 0 Å². The number of nitriles is 1. The summed E-state index contributed by atoms with van der Waals surface area (Å²) >= 11 is 0. The quantitative estimate of drug-likeness (QED) is 0.475. The Balaban J connectivity index is 1.44. The number of carbonyl (C=O) groups excluding carboxylic acids is 1. The minimum Gasteiger partial charge on any atom is -0.490 e. The van der Waals surface area contributed by atoms with Gasteiger partial charge in [0, 0.05) is 47.6 Å².